The molecule has 2 aliphatic carbocycles. The Balaban J connectivity index is 1.47. The number of amides is 1. The van der Waals surface area contributed by atoms with E-state index in [1.807, 2.05) is 12.3 Å². The average Bonchev–Trinajstić information content (AvgIpc) is 3.41. The molecule has 0 radical (unpaired) electrons. The molecule has 2 bridgehead atoms. The normalized spacial score (nSPS) is 25.7. The number of carbonyl (C=O) groups is 1. The van der Waals surface area contributed by atoms with Gasteiger partial charge in [0, 0.05) is 12.6 Å². The highest BCUT2D eigenvalue weighted by molar-refractivity contribution is 8.00. The average molecular weight is 418 g/mol. The summed E-state index contributed by atoms with van der Waals surface area (Å²) < 4.78 is 1.61. The molecular weight excluding hydrogens is 390 g/mol. The lowest BCUT2D eigenvalue weighted by molar-refractivity contribution is -0.121. The van der Waals surface area contributed by atoms with Crippen LogP contribution in [-0.4, -0.2) is 26.8 Å². The largest absolute Gasteiger partial charge is 0.352 e. The predicted molar refractivity (Wildman–Crippen MR) is 116 cm³/mol. The Kier molecular flexibility index (Phi) is 5.65. The van der Waals surface area contributed by atoms with Crippen molar-refractivity contribution in [3.63, 3.8) is 0 Å². The van der Waals surface area contributed by atoms with Gasteiger partial charge in [-0.15, -0.1) is 17.9 Å². The monoisotopic (exact) mass is 417 g/mol. The molecule has 5 nitrogen and oxygen atoms in total. The van der Waals surface area contributed by atoms with Gasteiger partial charge < -0.3 is 5.32 Å². The number of hydrogen-bond donors (Lipinski definition) is 1. The van der Waals surface area contributed by atoms with Crippen LogP contribution in [0.15, 0.2) is 34.1 Å². The molecule has 5 unspecified atom stereocenters. The maximum atomic E-state index is 12.8. The van der Waals surface area contributed by atoms with Crippen molar-refractivity contribution in [2.75, 3.05) is 0 Å². The fraction of sp³-hybridized carbons (Fsp3) is 0.571. The van der Waals surface area contributed by atoms with E-state index in [0.717, 1.165) is 16.7 Å². The third-order valence-electron chi connectivity index (χ3n) is 6.32. The number of rotatable bonds is 7. The van der Waals surface area contributed by atoms with E-state index in [9.17, 15) is 9.59 Å². The van der Waals surface area contributed by atoms with E-state index >= 15 is 0 Å². The van der Waals surface area contributed by atoms with Crippen LogP contribution in [0.4, 0.5) is 0 Å². The number of aromatic nitrogens is 2. The molecule has 1 N–H and O–H groups in total. The fourth-order valence-electron chi connectivity index (χ4n) is 4.88. The fourth-order valence-corrected chi connectivity index (χ4v) is 6.61. The lowest BCUT2D eigenvalue weighted by Crippen LogP contribution is -2.43. The maximum absolute atomic E-state index is 12.8. The van der Waals surface area contributed by atoms with Gasteiger partial charge in [-0.1, -0.05) is 24.3 Å². The SMILES string of the molecule is C=CCn1c(SC(C)C(=O)NC(C)C2CC3CCC2C3)nc2sccc2c1=O. The number of thioether (sulfide) groups is 1. The third-order valence-corrected chi connectivity index (χ3v) is 8.21. The topological polar surface area (TPSA) is 64.0 Å². The first-order chi connectivity index (χ1) is 13.5. The quantitative estimate of drug-likeness (QED) is 0.419. The van der Waals surface area contributed by atoms with Crippen molar-refractivity contribution < 1.29 is 4.79 Å². The van der Waals surface area contributed by atoms with E-state index in [0.29, 0.717) is 23.0 Å². The first kappa shape index (κ1) is 19.7. The lowest BCUT2D eigenvalue weighted by Gasteiger charge is -2.29. The molecule has 0 aliphatic heterocycles. The Bertz CT molecular complexity index is 951. The van der Waals surface area contributed by atoms with Gasteiger partial charge in [0.15, 0.2) is 5.16 Å². The number of carbonyl (C=O) groups excluding carboxylic acids is 1. The van der Waals surface area contributed by atoms with Crippen molar-refractivity contribution in [3.8, 4) is 0 Å². The van der Waals surface area contributed by atoms with Crippen molar-refractivity contribution in [2.24, 2.45) is 17.8 Å². The molecule has 5 atom stereocenters. The Hall–Kier alpha value is -1.60. The van der Waals surface area contributed by atoms with Gasteiger partial charge in [0.25, 0.3) is 5.56 Å². The minimum absolute atomic E-state index is 0.0194. The molecular formula is C21H27N3O2S2. The highest BCUT2D eigenvalue weighted by Crippen LogP contribution is 2.49. The molecule has 2 heterocycles. The van der Waals surface area contributed by atoms with Gasteiger partial charge in [-0.3, -0.25) is 14.2 Å². The minimum Gasteiger partial charge on any atom is -0.352 e. The van der Waals surface area contributed by atoms with Gasteiger partial charge in [0.05, 0.1) is 10.6 Å². The number of allylic oxidation sites excluding steroid dienone is 1. The van der Waals surface area contributed by atoms with E-state index in [2.05, 4.69) is 23.8 Å². The molecule has 2 aromatic heterocycles. The minimum atomic E-state index is -0.318. The summed E-state index contributed by atoms with van der Waals surface area (Å²) in [5.74, 6) is 2.28. The van der Waals surface area contributed by atoms with E-state index in [-0.39, 0.29) is 22.8 Å². The van der Waals surface area contributed by atoms with Crippen LogP contribution in [0.3, 0.4) is 0 Å². The van der Waals surface area contributed by atoms with Crippen molar-refractivity contribution in [1.29, 1.82) is 0 Å². The molecule has 2 aliphatic rings. The Morgan fingerprint density at radius 2 is 2.29 bits per heavy atom. The van der Waals surface area contributed by atoms with Crippen molar-refractivity contribution in [2.45, 2.75) is 62.5 Å². The Morgan fingerprint density at radius 3 is 2.96 bits per heavy atom. The summed E-state index contributed by atoms with van der Waals surface area (Å²) in [6, 6.07) is 2.00. The molecule has 0 spiro atoms. The van der Waals surface area contributed by atoms with Crippen molar-refractivity contribution in [1.82, 2.24) is 14.9 Å². The zero-order valence-corrected chi connectivity index (χ0v) is 18.0. The Labute approximate surface area is 173 Å². The smallest absolute Gasteiger partial charge is 0.263 e. The highest BCUT2D eigenvalue weighted by atomic mass is 32.2. The molecule has 2 saturated carbocycles. The molecule has 0 aromatic carbocycles. The standard InChI is InChI=1S/C21H27N3O2S2/c1-4-8-24-20(26)16-7-9-27-19(16)23-21(24)28-13(3)18(25)22-12(2)17-11-14-5-6-15(17)10-14/h4,7,9,12-15,17H,1,5-6,8,10-11H2,2-3H3,(H,22,25). The van der Waals surface area contributed by atoms with Gasteiger partial charge in [-0.25, -0.2) is 4.98 Å². The van der Waals surface area contributed by atoms with Crippen LogP contribution in [0.25, 0.3) is 10.2 Å². The van der Waals surface area contributed by atoms with Crippen molar-refractivity contribution >= 4 is 39.2 Å². The summed E-state index contributed by atoms with van der Waals surface area (Å²) in [7, 11) is 0. The molecule has 2 aromatic rings. The van der Waals surface area contributed by atoms with Gasteiger partial charge in [0.1, 0.15) is 4.83 Å². The van der Waals surface area contributed by atoms with Gasteiger partial charge in [-0.05, 0) is 62.3 Å². The summed E-state index contributed by atoms with van der Waals surface area (Å²) >= 11 is 2.80. The van der Waals surface area contributed by atoms with Crippen LogP contribution in [0, 0.1) is 17.8 Å². The third kappa shape index (κ3) is 3.66. The number of fused-ring (bicyclic) bond motifs is 3. The van der Waals surface area contributed by atoms with Crippen LogP contribution >= 0.6 is 23.1 Å². The van der Waals surface area contributed by atoms with Gasteiger partial charge in [0.2, 0.25) is 5.91 Å². The maximum Gasteiger partial charge on any atom is 0.263 e. The number of nitrogens with zero attached hydrogens (tertiary/aromatic N) is 2. The van der Waals surface area contributed by atoms with E-state index < -0.39 is 0 Å². The van der Waals surface area contributed by atoms with E-state index in [1.165, 1.54) is 48.8 Å². The number of hydrogen-bond acceptors (Lipinski definition) is 5. The molecule has 2 fully saturated rings. The van der Waals surface area contributed by atoms with E-state index in [1.54, 1.807) is 16.7 Å². The molecule has 4 rings (SSSR count). The number of thiophene rings is 1. The van der Waals surface area contributed by atoms with Crippen LogP contribution in [0.5, 0.6) is 0 Å². The van der Waals surface area contributed by atoms with Gasteiger partial charge >= 0.3 is 0 Å². The molecule has 28 heavy (non-hydrogen) atoms. The number of nitrogens with one attached hydrogen (secondary N) is 1. The summed E-state index contributed by atoms with van der Waals surface area (Å²) in [6.07, 6.45) is 6.97. The summed E-state index contributed by atoms with van der Waals surface area (Å²) in [5.41, 5.74) is -0.0726. The molecule has 7 heteroatoms. The highest BCUT2D eigenvalue weighted by Gasteiger charge is 2.42. The van der Waals surface area contributed by atoms with Crippen molar-refractivity contribution in [3.05, 3.63) is 34.5 Å². The predicted octanol–water partition coefficient (Wildman–Crippen LogP) is 4.07. The Morgan fingerprint density at radius 1 is 1.46 bits per heavy atom. The van der Waals surface area contributed by atoms with Crippen LogP contribution < -0.4 is 10.9 Å². The summed E-state index contributed by atoms with van der Waals surface area (Å²) in [6.45, 7) is 8.16. The lowest BCUT2D eigenvalue weighted by atomic mass is 9.84. The zero-order valence-electron chi connectivity index (χ0n) is 16.4. The first-order valence-electron chi connectivity index (χ1n) is 10.0. The second-order valence-corrected chi connectivity index (χ2v) is 10.3. The first-order valence-corrected chi connectivity index (χ1v) is 11.8. The second kappa shape index (κ2) is 8.03. The molecule has 1 amide bonds. The van der Waals surface area contributed by atoms with E-state index in [4.69, 9.17) is 0 Å². The molecule has 150 valence electrons. The summed E-state index contributed by atoms with van der Waals surface area (Å²) in [4.78, 5) is 30.9. The second-order valence-electron chi connectivity index (χ2n) is 8.13. The van der Waals surface area contributed by atoms with Crippen LogP contribution in [-0.2, 0) is 11.3 Å². The zero-order chi connectivity index (χ0) is 19.8. The summed E-state index contributed by atoms with van der Waals surface area (Å²) in [5, 5.41) is 5.99. The van der Waals surface area contributed by atoms with Crippen LogP contribution in [0.2, 0.25) is 0 Å². The molecule has 0 saturated heterocycles. The van der Waals surface area contributed by atoms with Gasteiger partial charge in [-0.2, -0.15) is 0 Å². The van der Waals surface area contributed by atoms with Crippen LogP contribution in [0.1, 0.15) is 39.5 Å².